The van der Waals surface area contributed by atoms with E-state index in [1.807, 2.05) is 6.07 Å². The van der Waals surface area contributed by atoms with E-state index in [0.29, 0.717) is 5.75 Å². The van der Waals surface area contributed by atoms with Crippen molar-refractivity contribution in [1.29, 1.82) is 0 Å². The Morgan fingerprint density at radius 2 is 2.13 bits per heavy atom. The fourth-order valence-corrected chi connectivity index (χ4v) is 1.73. The number of aliphatic hydroxyl groups is 1. The number of para-hydroxylation sites is 1. The Bertz CT molecular complexity index is 352. The number of benzene rings is 1. The Morgan fingerprint density at radius 1 is 1.40 bits per heavy atom. The maximum absolute atomic E-state index is 13.2. The van der Waals surface area contributed by atoms with Gasteiger partial charge in [0.2, 0.25) is 0 Å². The van der Waals surface area contributed by atoms with Crippen molar-refractivity contribution in [3.05, 3.63) is 29.8 Å². The highest BCUT2D eigenvalue weighted by Gasteiger charge is 2.41. The molecular weight excluding hydrogens is 202 g/mol. The first-order chi connectivity index (χ1) is 7.13. The van der Waals surface area contributed by atoms with E-state index in [1.165, 1.54) is 0 Å². The van der Waals surface area contributed by atoms with E-state index in [1.54, 1.807) is 18.2 Å². The summed E-state index contributed by atoms with van der Waals surface area (Å²) in [5.74, 6) is -3.33. The van der Waals surface area contributed by atoms with Crippen LogP contribution in [-0.2, 0) is 6.42 Å². The fraction of sp³-hybridized carbons (Fsp3) is 0.455. The molecular formula is C11H12F2O2. The minimum atomic E-state index is -3.06. The van der Waals surface area contributed by atoms with E-state index in [0.717, 1.165) is 5.56 Å². The smallest absolute Gasteiger partial charge is 0.277 e. The van der Waals surface area contributed by atoms with Crippen LogP contribution in [0.1, 0.15) is 5.56 Å². The minimum absolute atomic E-state index is 0.0371. The molecule has 0 spiro atoms. The van der Waals surface area contributed by atoms with Crippen LogP contribution in [0.5, 0.6) is 5.75 Å². The maximum atomic E-state index is 13.2. The molecule has 0 saturated carbocycles. The highest BCUT2D eigenvalue weighted by Crippen LogP contribution is 2.34. The second-order valence-electron chi connectivity index (χ2n) is 3.74. The largest absolute Gasteiger partial charge is 0.493 e. The van der Waals surface area contributed by atoms with Gasteiger partial charge < -0.3 is 9.84 Å². The highest BCUT2D eigenvalue weighted by atomic mass is 19.3. The number of aliphatic hydroxyl groups excluding tert-OH is 1. The molecule has 2 nitrogen and oxygen atoms in total. The van der Waals surface area contributed by atoms with Crippen molar-refractivity contribution in [2.24, 2.45) is 5.92 Å². The molecule has 1 N–H and O–H groups in total. The van der Waals surface area contributed by atoms with E-state index in [4.69, 9.17) is 9.84 Å². The Morgan fingerprint density at radius 3 is 2.87 bits per heavy atom. The van der Waals surface area contributed by atoms with Gasteiger partial charge in [-0.1, -0.05) is 18.2 Å². The molecule has 1 heterocycles. The van der Waals surface area contributed by atoms with Gasteiger partial charge in [0.15, 0.2) is 0 Å². The molecule has 0 amide bonds. The van der Waals surface area contributed by atoms with Crippen molar-refractivity contribution in [3.8, 4) is 5.75 Å². The molecule has 0 saturated heterocycles. The molecule has 15 heavy (non-hydrogen) atoms. The Hall–Kier alpha value is -1.16. The van der Waals surface area contributed by atoms with Crippen LogP contribution >= 0.6 is 0 Å². The lowest BCUT2D eigenvalue weighted by Crippen LogP contribution is -2.39. The third-order valence-corrected chi connectivity index (χ3v) is 2.69. The van der Waals surface area contributed by atoms with Gasteiger partial charge in [0.1, 0.15) is 12.4 Å². The number of halogens is 2. The zero-order valence-electron chi connectivity index (χ0n) is 8.12. The first-order valence-electron chi connectivity index (χ1n) is 4.83. The third kappa shape index (κ3) is 1.95. The van der Waals surface area contributed by atoms with E-state index < -0.39 is 18.4 Å². The van der Waals surface area contributed by atoms with Gasteiger partial charge in [-0.2, -0.15) is 0 Å². The second-order valence-corrected chi connectivity index (χ2v) is 3.74. The third-order valence-electron chi connectivity index (χ3n) is 2.69. The average molecular weight is 214 g/mol. The standard InChI is InChI=1S/C11H12F2O2/c12-11(13,7-14)9-5-8-3-1-2-4-10(8)15-6-9/h1-4,9,14H,5-7H2. The molecule has 1 unspecified atom stereocenters. The number of ether oxygens (including phenoxy) is 1. The first-order valence-corrected chi connectivity index (χ1v) is 4.83. The van der Waals surface area contributed by atoms with Crippen LogP contribution in [0.3, 0.4) is 0 Å². The summed E-state index contributed by atoms with van der Waals surface area (Å²) in [5.41, 5.74) is 0.780. The zero-order chi connectivity index (χ0) is 10.9. The average Bonchev–Trinajstić information content (AvgIpc) is 2.28. The molecule has 1 aliphatic rings. The van der Waals surface area contributed by atoms with E-state index in [2.05, 4.69) is 0 Å². The monoisotopic (exact) mass is 214 g/mol. The minimum Gasteiger partial charge on any atom is -0.493 e. The van der Waals surface area contributed by atoms with Gasteiger partial charge in [0, 0.05) is 0 Å². The Balaban J connectivity index is 2.19. The summed E-state index contributed by atoms with van der Waals surface area (Å²) in [4.78, 5) is 0. The van der Waals surface area contributed by atoms with Gasteiger partial charge in [-0.25, -0.2) is 8.78 Å². The van der Waals surface area contributed by atoms with Crippen LogP contribution in [0, 0.1) is 5.92 Å². The quantitative estimate of drug-likeness (QED) is 0.814. The molecule has 4 heteroatoms. The zero-order valence-corrected chi connectivity index (χ0v) is 8.12. The van der Waals surface area contributed by atoms with E-state index >= 15 is 0 Å². The Labute approximate surface area is 86.5 Å². The topological polar surface area (TPSA) is 29.5 Å². The summed E-state index contributed by atoms with van der Waals surface area (Å²) in [5, 5.41) is 8.59. The lowest BCUT2D eigenvalue weighted by atomic mass is 9.92. The van der Waals surface area contributed by atoms with Crippen LogP contribution < -0.4 is 4.74 Å². The molecule has 1 aliphatic heterocycles. The fourth-order valence-electron chi connectivity index (χ4n) is 1.73. The molecule has 0 bridgehead atoms. The summed E-state index contributed by atoms with van der Waals surface area (Å²) in [6.45, 7) is -1.16. The molecule has 0 fully saturated rings. The normalized spacial score (nSPS) is 20.6. The van der Waals surface area contributed by atoms with Crippen LogP contribution in [0.25, 0.3) is 0 Å². The van der Waals surface area contributed by atoms with Gasteiger partial charge >= 0.3 is 0 Å². The molecule has 0 radical (unpaired) electrons. The van der Waals surface area contributed by atoms with Crippen molar-refractivity contribution < 1.29 is 18.6 Å². The van der Waals surface area contributed by atoms with Crippen molar-refractivity contribution in [2.45, 2.75) is 12.3 Å². The number of alkyl halides is 2. The van der Waals surface area contributed by atoms with Crippen molar-refractivity contribution in [1.82, 2.24) is 0 Å². The molecule has 1 aromatic rings. The van der Waals surface area contributed by atoms with Crippen LogP contribution in [0.15, 0.2) is 24.3 Å². The predicted octanol–water partition coefficient (Wildman–Crippen LogP) is 1.87. The van der Waals surface area contributed by atoms with Gasteiger partial charge in [-0.05, 0) is 18.1 Å². The summed E-state index contributed by atoms with van der Waals surface area (Å²) >= 11 is 0. The van der Waals surface area contributed by atoms with Crippen molar-refractivity contribution in [3.63, 3.8) is 0 Å². The first kappa shape index (κ1) is 10.4. The molecule has 1 atom stereocenters. The van der Waals surface area contributed by atoms with Gasteiger partial charge in [0.05, 0.1) is 12.5 Å². The van der Waals surface area contributed by atoms with Crippen LogP contribution in [0.2, 0.25) is 0 Å². The van der Waals surface area contributed by atoms with Gasteiger partial charge in [-0.3, -0.25) is 0 Å². The Kier molecular flexibility index (Phi) is 2.61. The molecule has 2 rings (SSSR count). The number of hydrogen-bond acceptors (Lipinski definition) is 2. The lowest BCUT2D eigenvalue weighted by molar-refractivity contribution is -0.111. The molecule has 1 aromatic carbocycles. The number of hydrogen-bond donors (Lipinski definition) is 1. The van der Waals surface area contributed by atoms with Gasteiger partial charge in [0.25, 0.3) is 5.92 Å². The van der Waals surface area contributed by atoms with E-state index in [9.17, 15) is 8.78 Å². The van der Waals surface area contributed by atoms with Crippen LogP contribution in [0.4, 0.5) is 8.78 Å². The predicted molar refractivity (Wildman–Crippen MR) is 51.2 cm³/mol. The molecule has 82 valence electrons. The number of rotatable bonds is 2. The SMILES string of the molecule is OCC(F)(F)C1COc2ccccc2C1. The summed E-state index contributed by atoms with van der Waals surface area (Å²) < 4.78 is 31.6. The van der Waals surface area contributed by atoms with Crippen molar-refractivity contribution in [2.75, 3.05) is 13.2 Å². The molecule has 0 aliphatic carbocycles. The summed E-state index contributed by atoms with van der Waals surface area (Å²) in [7, 11) is 0. The maximum Gasteiger partial charge on any atom is 0.277 e. The van der Waals surface area contributed by atoms with Crippen molar-refractivity contribution >= 4 is 0 Å². The summed E-state index contributed by atoms with van der Waals surface area (Å²) in [6, 6.07) is 7.14. The number of fused-ring (bicyclic) bond motifs is 1. The summed E-state index contributed by atoms with van der Waals surface area (Å²) in [6.07, 6.45) is 0.254. The highest BCUT2D eigenvalue weighted by molar-refractivity contribution is 5.35. The van der Waals surface area contributed by atoms with E-state index in [-0.39, 0.29) is 13.0 Å². The molecule has 0 aromatic heterocycles. The van der Waals surface area contributed by atoms with Gasteiger partial charge in [-0.15, -0.1) is 0 Å². The lowest BCUT2D eigenvalue weighted by Gasteiger charge is -2.30. The second kappa shape index (κ2) is 3.77. The van der Waals surface area contributed by atoms with Crippen LogP contribution in [-0.4, -0.2) is 24.2 Å².